The van der Waals surface area contributed by atoms with E-state index in [9.17, 15) is 9.59 Å². The van der Waals surface area contributed by atoms with Gasteiger partial charge in [0.1, 0.15) is 0 Å². The Morgan fingerprint density at radius 2 is 1.88 bits per heavy atom. The Bertz CT molecular complexity index is 789. The maximum atomic E-state index is 12.3. The van der Waals surface area contributed by atoms with Gasteiger partial charge in [0.15, 0.2) is 0 Å². The second-order valence-electron chi connectivity index (χ2n) is 6.41. The second-order valence-corrected chi connectivity index (χ2v) is 6.41. The number of hydrogen-bond acceptors (Lipinski definition) is 3. The van der Waals surface area contributed by atoms with Crippen LogP contribution in [0.3, 0.4) is 0 Å². The number of aryl methyl sites for hydroxylation is 1. The highest BCUT2D eigenvalue weighted by molar-refractivity contribution is 5.79. The number of aromatic amines is 1. The highest BCUT2D eigenvalue weighted by atomic mass is 16.2. The minimum atomic E-state index is -0.0150. The minimum Gasteiger partial charge on any atom is -0.340 e. The van der Waals surface area contributed by atoms with Crippen LogP contribution in [0.5, 0.6) is 0 Å². The quantitative estimate of drug-likeness (QED) is 0.936. The molecule has 24 heavy (non-hydrogen) atoms. The molecule has 128 valence electrons. The zero-order valence-corrected chi connectivity index (χ0v) is 14.5. The summed E-state index contributed by atoms with van der Waals surface area (Å²) in [6.07, 6.45) is 1.54. The van der Waals surface area contributed by atoms with E-state index in [1.807, 2.05) is 24.0 Å². The summed E-state index contributed by atoms with van der Waals surface area (Å²) >= 11 is 0. The molecule has 1 aromatic heterocycles. The van der Waals surface area contributed by atoms with Gasteiger partial charge in [-0.2, -0.15) is 0 Å². The first-order chi connectivity index (χ1) is 11.6. The van der Waals surface area contributed by atoms with E-state index in [1.54, 1.807) is 0 Å². The second kappa shape index (κ2) is 7.18. The standard InChI is InChI=1S/C19H25N3O2/c1-3-14-5-6-17-15(11-14)12-16(19(24)20-17)13-21-7-9-22(10-8-21)18(23)4-2/h5-6,11-12H,3-4,7-10,13H2,1-2H3,(H,20,24). The van der Waals surface area contributed by atoms with Crippen LogP contribution in [0.2, 0.25) is 0 Å². The van der Waals surface area contributed by atoms with Gasteiger partial charge in [0.2, 0.25) is 5.91 Å². The van der Waals surface area contributed by atoms with Gasteiger partial charge in [-0.15, -0.1) is 0 Å². The molecule has 2 heterocycles. The van der Waals surface area contributed by atoms with Crippen molar-refractivity contribution in [1.29, 1.82) is 0 Å². The third-order valence-electron chi connectivity index (χ3n) is 4.82. The molecule has 0 aliphatic carbocycles. The summed E-state index contributed by atoms with van der Waals surface area (Å²) in [7, 11) is 0. The fourth-order valence-corrected chi connectivity index (χ4v) is 3.26. The van der Waals surface area contributed by atoms with Crippen LogP contribution >= 0.6 is 0 Å². The van der Waals surface area contributed by atoms with Gasteiger partial charge in [-0.3, -0.25) is 14.5 Å². The number of aromatic nitrogens is 1. The number of nitrogens with zero attached hydrogens (tertiary/aromatic N) is 2. The number of rotatable bonds is 4. The molecule has 0 unspecified atom stereocenters. The topological polar surface area (TPSA) is 56.4 Å². The fourth-order valence-electron chi connectivity index (χ4n) is 3.26. The van der Waals surface area contributed by atoms with Crippen molar-refractivity contribution < 1.29 is 4.79 Å². The highest BCUT2D eigenvalue weighted by Crippen LogP contribution is 2.15. The van der Waals surface area contributed by atoms with Crippen molar-refractivity contribution in [3.8, 4) is 0 Å². The molecule has 1 aliphatic heterocycles. The summed E-state index contributed by atoms with van der Waals surface area (Å²) < 4.78 is 0. The molecule has 1 aromatic carbocycles. The van der Waals surface area contributed by atoms with Gasteiger partial charge in [-0.05, 0) is 35.6 Å². The van der Waals surface area contributed by atoms with Gasteiger partial charge in [0.25, 0.3) is 5.56 Å². The molecule has 0 saturated carbocycles. The largest absolute Gasteiger partial charge is 0.340 e. The van der Waals surface area contributed by atoms with E-state index in [0.29, 0.717) is 13.0 Å². The van der Waals surface area contributed by atoms with Crippen LogP contribution in [0.1, 0.15) is 31.4 Å². The Labute approximate surface area is 142 Å². The van der Waals surface area contributed by atoms with Crippen molar-refractivity contribution in [1.82, 2.24) is 14.8 Å². The number of amides is 1. The van der Waals surface area contributed by atoms with E-state index in [1.165, 1.54) is 5.56 Å². The van der Waals surface area contributed by atoms with Crippen molar-refractivity contribution >= 4 is 16.8 Å². The number of benzene rings is 1. The lowest BCUT2D eigenvalue weighted by Gasteiger charge is -2.34. The fraction of sp³-hybridized carbons (Fsp3) is 0.474. The Hall–Kier alpha value is -2.14. The summed E-state index contributed by atoms with van der Waals surface area (Å²) in [4.78, 5) is 31.2. The number of carbonyl (C=O) groups is 1. The molecule has 0 spiro atoms. The van der Waals surface area contributed by atoms with Crippen LogP contribution in [0.4, 0.5) is 0 Å². The van der Waals surface area contributed by atoms with Gasteiger partial charge < -0.3 is 9.88 Å². The molecule has 5 heteroatoms. The number of nitrogens with one attached hydrogen (secondary N) is 1. The van der Waals surface area contributed by atoms with E-state index in [2.05, 4.69) is 28.9 Å². The highest BCUT2D eigenvalue weighted by Gasteiger charge is 2.20. The Morgan fingerprint density at radius 3 is 2.54 bits per heavy atom. The Balaban J connectivity index is 1.74. The maximum Gasteiger partial charge on any atom is 0.252 e. The van der Waals surface area contributed by atoms with Crippen molar-refractivity contribution in [3.05, 3.63) is 45.7 Å². The smallest absolute Gasteiger partial charge is 0.252 e. The third kappa shape index (κ3) is 3.51. The zero-order chi connectivity index (χ0) is 17.1. The molecule has 0 bridgehead atoms. The summed E-state index contributed by atoms with van der Waals surface area (Å²) in [6, 6.07) is 8.19. The van der Waals surface area contributed by atoms with Crippen LogP contribution < -0.4 is 5.56 Å². The van der Waals surface area contributed by atoms with Gasteiger partial charge >= 0.3 is 0 Å². The van der Waals surface area contributed by atoms with Crippen LogP contribution in [0, 0.1) is 0 Å². The maximum absolute atomic E-state index is 12.3. The molecule has 1 saturated heterocycles. The van der Waals surface area contributed by atoms with Crippen molar-refractivity contribution in [2.75, 3.05) is 26.2 Å². The number of fused-ring (bicyclic) bond motifs is 1. The zero-order valence-electron chi connectivity index (χ0n) is 14.5. The normalized spacial score (nSPS) is 15.8. The molecule has 0 atom stereocenters. The number of piperazine rings is 1. The lowest BCUT2D eigenvalue weighted by atomic mass is 10.1. The number of H-pyrrole nitrogens is 1. The lowest BCUT2D eigenvalue weighted by molar-refractivity contribution is -0.132. The van der Waals surface area contributed by atoms with E-state index in [-0.39, 0.29) is 11.5 Å². The molecule has 0 radical (unpaired) electrons. The monoisotopic (exact) mass is 327 g/mol. The van der Waals surface area contributed by atoms with Gasteiger partial charge in [-0.25, -0.2) is 0 Å². The Kier molecular flexibility index (Phi) is 5.00. The molecule has 1 N–H and O–H groups in total. The van der Waals surface area contributed by atoms with E-state index >= 15 is 0 Å². The van der Waals surface area contributed by atoms with Crippen molar-refractivity contribution in [3.63, 3.8) is 0 Å². The average Bonchev–Trinajstić information content (AvgIpc) is 2.62. The first-order valence-corrected chi connectivity index (χ1v) is 8.75. The van der Waals surface area contributed by atoms with E-state index < -0.39 is 0 Å². The van der Waals surface area contributed by atoms with Crippen molar-refractivity contribution in [2.24, 2.45) is 0 Å². The minimum absolute atomic E-state index is 0.0150. The van der Waals surface area contributed by atoms with Gasteiger partial charge in [0.05, 0.1) is 0 Å². The summed E-state index contributed by atoms with van der Waals surface area (Å²) in [6.45, 7) is 7.79. The van der Waals surface area contributed by atoms with Gasteiger partial charge in [0, 0.05) is 50.2 Å². The van der Waals surface area contributed by atoms with Crippen molar-refractivity contribution in [2.45, 2.75) is 33.2 Å². The van der Waals surface area contributed by atoms with Gasteiger partial charge in [-0.1, -0.05) is 19.9 Å². The Morgan fingerprint density at radius 1 is 1.12 bits per heavy atom. The van der Waals surface area contributed by atoms with E-state index in [4.69, 9.17) is 0 Å². The SMILES string of the molecule is CCC(=O)N1CCN(Cc2cc3cc(CC)ccc3[nH]c2=O)CC1. The number of hydrogen-bond donors (Lipinski definition) is 1. The summed E-state index contributed by atoms with van der Waals surface area (Å²) in [5.74, 6) is 0.213. The molecule has 1 aliphatic rings. The first-order valence-electron chi connectivity index (χ1n) is 8.75. The predicted octanol–water partition coefficient (Wildman–Crippen LogP) is 2.14. The summed E-state index contributed by atoms with van der Waals surface area (Å²) in [5.41, 5.74) is 2.94. The molecule has 5 nitrogen and oxygen atoms in total. The third-order valence-corrected chi connectivity index (χ3v) is 4.82. The van der Waals surface area contributed by atoms with Crippen LogP contribution in [-0.2, 0) is 17.8 Å². The average molecular weight is 327 g/mol. The number of pyridine rings is 1. The predicted molar refractivity (Wildman–Crippen MR) is 96.1 cm³/mol. The molecular weight excluding hydrogens is 302 g/mol. The van der Waals surface area contributed by atoms with Crippen LogP contribution in [0.25, 0.3) is 10.9 Å². The molecule has 1 amide bonds. The lowest BCUT2D eigenvalue weighted by Crippen LogP contribution is -2.48. The molecular formula is C19H25N3O2. The molecule has 3 rings (SSSR count). The number of carbonyl (C=O) groups excluding carboxylic acids is 1. The van der Waals surface area contributed by atoms with E-state index in [0.717, 1.165) is 49.1 Å². The molecule has 1 fully saturated rings. The summed E-state index contributed by atoms with van der Waals surface area (Å²) in [5, 5.41) is 1.09. The van der Waals surface area contributed by atoms with Crippen LogP contribution in [-0.4, -0.2) is 46.9 Å². The first kappa shape index (κ1) is 16.7. The van der Waals surface area contributed by atoms with Crippen LogP contribution in [0.15, 0.2) is 29.1 Å². The molecule has 2 aromatic rings.